The Labute approximate surface area is 78.8 Å². The number of rotatable bonds is 5. The van der Waals surface area contributed by atoms with Gasteiger partial charge in [-0.3, -0.25) is 4.90 Å². The molecule has 1 rings (SSSR count). The molecule has 72 valence electrons. The van der Waals surface area contributed by atoms with Crippen LogP contribution < -0.4 is 5.73 Å². The van der Waals surface area contributed by atoms with Crippen molar-refractivity contribution < 1.29 is 0 Å². The summed E-state index contributed by atoms with van der Waals surface area (Å²) in [6, 6.07) is 0. The van der Waals surface area contributed by atoms with Gasteiger partial charge in [0.15, 0.2) is 0 Å². The molecule has 1 aromatic rings. The van der Waals surface area contributed by atoms with Crippen LogP contribution in [0.3, 0.4) is 0 Å². The van der Waals surface area contributed by atoms with Gasteiger partial charge in [0.2, 0.25) is 0 Å². The molecule has 0 spiro atoms. The largest absolute Gasteiger partial charge is 0.329 e. The van der Waals surface area contributed by atoms with Crippen LogP contribution in [0.5, 0.6) is 0 Å². The van der Waals surface area contributed by atoms with Crippen LogP contribution in [-0.2, 0) is 6.54 Å². The summed E-state index contributed by atoms with van der Waals surface area (Å²) < 4.78 is 0. The van der Waals surface area contributed by atoms with Gasteiger partial charge in [0.25, 0.3) is 0 Å². The molecule has 2 N–H and O–H groups in total. The normalized spacial score (nSPS) is 10.7. The Balaban J connectivity index is 2.46. The minimum Gasteiger partial charge on any atom is -0.329 e. The van der Waals surface area contributed by atoms with Gasteiger partial charge >= 0.3 is 0 Å². The fourth-order valence-electron chi connectivity index (χ4n) is 1.20. The SMILES string of the molecule is CCN(CCN)Cc1cncnc1. The van der Waals surface area contributed by atoms with E-state index in [-0.39, 0.29) is 0 Å². The highest BCUT2D eigenvalue weighted by Gasteiger charge is 2.01. The van der Waals surface area contributed by atoms with Crippen molar-refractivity contribution in [2.24, 2.45) is 5.73 Å². The summed E-state index contributed by atoms with van der Waals surface area (Å²) in [7, 11) is 0. The van der Waals surface area contributed by atoms with Crippen molar-refractivity contribution in [2.45, 2.75) is 13.5 Å². The molecule has 4 heteroatoms. The monoisotopic (exact) mass is 180 g/mol. The average Bonchev–Trinajstić information content (AvgIpc) is 2.19. The zero-order valence-corrected chi connectivity index (χ0v) is 7.98. The van der Waals surface area contributed by atoms with Crippen molar-refractivity contribution in [2.75, 3.05) is 19.6 Å². The number of nitrogens with two attached hydrogens (primary N) is 1. The van der Waals surface area contributed by atoms with E-state index in [1.165, 1.54) is 0 Å². The van der Waals surface area contributed by atoms with Gasteiger partial charge in [-0.15, -0.1) is 0 Å². The number of hydrogen-bond acceptors (Lipinski definition) is 4. The lowest BCUT2D eigenvalue weighted by Crippen LogP contribution is -2.28. The summed E-state index contributed by atoms with van der Waals surface area (Å²) in [6.07, 6.45) is 5.22. The molecule has 0 saturated heterocycles. The average molecular weight is 180 g/mol. The van der Waals surface area contributed by atoms with E-state index in [1.807, 2.05) is 12.4 Å². The van der Waals surface area contributed by atoms with Crippen LogP contribution in [-0.4, -0.2) is 34.5 Å². The van der Waals surface area contributed by atoms with Crippen molar-refractivity contribution >= 4 is 0 Å². The van der Waals surface area contributed by atoms with E-state index < -0.39 is 0 Å². The van der Waals surface area contributed by atoms with Crippen LogP contribution in [0.2, 0.25) is 0 Å². The first-order valence-electron chi connectivity index (χ1n) is 4.53. The minimum absolute atomic E-state index is 0.696. The highest BCUT2D eigenvalue weighted by molar-refractivity contribution is 5.01. The maximum atomic E-state index is 5.49. The van der Waals surface area contributed by atoms with Gasteiger partial charge in [-0.05, 0) is 6.54 Å². The van der Waals surface area contributed by atoms with Crippen molar-refractivity contribution in [1.29, 1.82) is 0 Å². The minimum atomic E-state index is 0.696. The van der Waals surface area contributed by atoms with Crippen LogP contribution in [0.25, 0.3) is 0 Å². The second-order valence-electron chi connectivity index (χ2n) is 2.90. The van der Waals surface area contributed by atoms with Crippen LogP contribution in [0.15, 0.2) is 18.7 Å². The molecule has 1 aromatic heterocycles. The third-order valence-corrected chi connectivity index (χ3v) is 1.91. The van der Waals surface area contributed by atoms with Crippen LogP contribution >= 0.6 is 0 Å². The van der Waals surface area contributed by atoms with E-state index in [2.05, 4.69) is 21.8 Å². The fourth-order valence-corrected chi connectivity index (χ4v) is 1.20. The van der Waals surface area contributed by atoms with Gasteiger partial charge in [0, 0.05) is 37.6 Å². The zero-order chi connectivity index (χ0) is 9.52. The molecular formula is C9H16N4. The summed E-state index contributed by atoms with van der Waals surface area (Å²) in [5, 5.41) is 0. The summed E-state index contributed by atoms with van der Waals surface area (Å²) in [5.74, 6) is 0. The quantitative estimate of drug-likeness (QED) is 0.706. The Bertz CT molecular complexity index is 224. The van der Waals surface area contributed by atoms with E-state index in [4.69, 9.17) is 5.73 Å². The Kier molecular flexibility index (Phi) is 4.35. The number of nitrogens with zero attached hydrogens (tertiary/aromatic N) is 3. The van der Waals surface area contributed by atoms with Crippen molar-refractivity contribution in [3.05, 3.63) is 24.3 Å². The van der Waals surface area contributed by atoms with Gasteiger partial charge in [-0.1, -0.05) is 6.92 Å². The molecule has 0 unspecified atom stereocenters. The summed E-state index contributed by atoms with van der Waals surface area (Å²) in [4.78, 5) is 10.2. The Morgan fingerprint density at radius 3 is 2.62 bits per heavy atom. The number of likely N-dealkylation sites (N-methyl/N-ethyl adjacent to an activating group) is 1. The topological polar surface area (TPSA) is 55.0 Å². The zero-order valence-electron chi connectivity index (χ0n) is 7.98. The Hall–Kier alpha value is -1.00. The van der Waals surface area contributed by atoms with Gasteiger partial charge < -0.3 is 5.73 Å². The third-order valence-electron chi connectivity index (χ3n) is 1.91. The molecule has 0 atom stereocenters. The molecular weight excluding hydrogens is 164 g/mol. The van der Waals surface area contributed by atoms with Gasteiger partial charge in [0.05, 0.1) is 0 Å². The van der Waals surface area contributed by atoms with Gasteiger partial charge in [0.1, 0.15) is 6.33 Å². The first-order chi connectivity index (χ1) is 6.36. The van der Waals surface area contributed by atoms with Crippen LogP contribution in [0.4, 0.5) is 0 Å². The summed E-state index contributed by atoms with van der Waals surface area (Å²) in [5.41, 5.74) is 6.62. The number of hydrogen-bond donors (Lipinski definition) is 1. The smallest absolute Gasteiger partial charge is 0.115 e. The molecule has 0 saturated carbocycles. The summed E-state index contributed by atoms with van der Waals surface area (Å²) in [6.45, 7) is 5.63. The number of aromatic nitrogens is 2. The molecule has 0 aromatic carbocycles. The lowest BCUT2D eigenvalue weighted by Gasteiger charge is -2.18. The van der Waals surface area contributed by atoms with E-state index in [9.17, 15) is 0 Å². The standard InChI is InChI=1S/C9H16N4/c1-2-13(4-3-10)7-9-5-11-8-12-6-9/h5-6,8H,2-4,7,10H2,1H3. The fraction of sp³-hybridized carbons (Fsp3) is 0.556. The summed E-state index contributed by atoms with van der Waals surface area (Å²) >= 11 is 0. The predicted molar refractivity (Wildman–Crippen MR) is 52.0 cm³/mol. The van der Waals surface area contributed by atoms with Crippen molar-refractivity contribution in [1.82, 2.24) is 14.9 Å². The molecule has 0 aliphatic carbocycles. The Morgan fingerprint density at radius 1 is 1.38 bits per heavy atom. The Morgan fingerprint density at radius 2 is 2.08 bits per heavy atom. The third kappa shape index (κ3) is 3.48. The van der Waals surface area contributed by atoms with Crippen molar-refractivity contribution in [3.63, 3.8) is 0 Å². The molecule has 0 bridgehead atoms. The molecule has 13 heavy (non-hydrogen) atoms. The molecule has 0 radical (unpaired) electrons. The molecule has 1 heterocycles. The van der Waals surface area contributed by atoms with E-state index >= 15 is 0 Å². The highest BCUT2D eigenvalue weighted by Crippen LogP contribution is 1.99. The van der Waals surface area contributed by atoms with E-state index in [1.54, 1.807) is 6.33 Å². The van der Waals surface area contributed by atoms with Crippen molar-refractivity contribution in [3.8, 4) is 0 Å². The lowest BCUT2D eigenvalue weighted by molar-refractivity contribution is 0.287. The molecule has 0 fully saturated rings. The second-order valence-corrected chi connectivity index (χ2v) is 2.90. The van der Waals surface area contributed by atoms with E-state index in [0.717, 1.165) is 25.2 Å². The highest BCUT2D eigenvalue weighted by atomic mass is 15.1. The lowest BCUT2D eigenvalue weighted by atomic mass is 10.3. The van der Waals surface area contributed by atoms with Crippen LogP contribution in [0, 0.1) is 0 Å². The molecule has 0 aliphatic rings. The molecule has 4 nitrogen and oxygen atoms in total. The second kappa shape index (κ2) is 5.61. The first-order valence-corrected chi connectivity index (χ1v) is 4.53. The van der Waals surface area contributed by atoms with Crippen LogP contribution in [0.1, 0.15) is 12.5 Å². The first kappa shape index (κ1) is 10.1. The molecule has 0 amide bonds. The molecule has 0 aliphatic heterocycles. The predicted octanol–water partition coefficient (Wildman–Crippen LogP) is 0.257. The van der Waals surface area contributed by atoms with E-state index in [0.29, 0.717) is 6.54 Å². The van der Waals surface area contributed by atoms with Gasteiger partial charge in [-0.25, -0.2) is 9.97 Å². The van der Waals surface area contributed by atoms with Gasteiger partial charge in [-0.2, -0.15) is 0 Å². The maximum Gasteiger partial charge on any atom is 0.115 e. The maximum absolute atomic E-state index is 5.49.